The van der Waals surface area contributed by atoms with Crippen molar-refractivity contribution in [3.05, 3.63) is 64.7 Å². The van der Waals surface area contributed by atoms with Gasteiger partial charge >= 0.3 is 0 Å². The number of benzene rings is 2. The third-order valence-electron chi connectivity index (χ3n) is 3.35. The Hall–Kier alpha value is -2.00. The molecule has 0 heterocycles. The zero-order valence-corrected chi connectivity index (χ0v) is 12.3. The van der Waals surface area contributed by atoms with Gasteiger partial charge in [-0.15, -0.1) is 0 Å². The zero-order chi connectivity index (χ0) is 14.7. The van der Waals surface area contributed by atoms with E-state index in [4.69, 9.17) is 16.3 Å². The number of para-hydroxylation sites is 1. The number of nitrogens with one attached hydrogen (secondary N) is 1. The number of carbonyl (C=O) groups is 1. The fourth-order valence-electron chi connectivity index (χ4n) is 2.01. The lowest BCUT2D eigenvalue weighted by atomic mass is 10.2. The summed E-state index contributed by atoms with van der Waals surface area (Å²) in [5, 5.41) is 3.68. The molecule has 4 heteroatoms. The van der Waals surface area contributed by atoms with Crippen LogP contribution in [0.5, 0.6) is 5.75 Å². The SMILES string of the molecule is O=C(NC1CC1)c1ccccc1OCc1ccc(Cl)cc1. The van der Waals surface area contributed by atoms with Crippen LogP contribution in [0.4, 0.5) is 0 Å². The van der Waals surface area contributed by atoms with Crippen LogP contribution < -0.4 is 10.1 Å². The maximum atomic E-state index is 12.2. The summed E-state index contributed by atoms with van der Waals surface area (Å²) < 4.78 is 5.78. The van der Waals surface area contributed by atoms with Crippen LogP contribution in [0, 0.1) is 0 Å². The normalized spacial score (nSPS) is 13.8. The quantitative estimate of drug-likeness (QED) is 0.912. The first kappa shape index (κ1) is 14.0. The van der Waals surface area contributed by atoms with Gasteiger partial charge in [0, 0.05) is 11.1 Å². The van der Waals surface area contributed by atoms with Crippen LogP contribution in [0.15, 0.2) is 48.5 Å². The van der Waals surface area contributed by atoms with E-state index in [1.54, 1.807) is 6.07 Å². The van der Waals surface area contributed by atoms with Gasteiger partial charge in [0.2, 0.25) is 0 Å². The maximum Gasteiger partial charge on any atom is 0.255 e. The highest BCUT2D eigenvalue weighted by Gasteiger charge is 2.25. The fourth-order valence-corrected chi connectivity index (χ4v) is 2.14. The highest BCUT2D eigenvalue weighted by atomic mass is 35.5. The van der Waals surface area contributed by atoms with Crippen LogP contribution in [-0.4, -0.2) is 11.9 Å². The molecule has 2 aromatic carbocycles. The minimum absolute atomic E-state index is 0.0655. The Bertz CT molecular complexity index is 635. The molecule has 0 aliphatic heterocycles. The highest BCUT2D eigenvalue weighted by molar-refractivity contribution is 6.30. The van der Waals surface area contributed by atoms with Crippen LogP contribution in [0.2, 0.25) is 5.02 Å². The Balaban J connectivity index is 1.69. The Kier molecular flexibility index (Phi) is 4.11. The average molecular weight is 302 g/mol. The molecule has 1 N–H and O–H groups in total. The summed E-state index contributed by atoms with van der Waals surface area (Å²) in [5.74, 6) is 0.537. The zero-order valence-electron chi connectivity index (χ0n) is 11.5. The van der Waals surface area contributed by atoms with Gasteiger partial charge in [0.05, 0.1) is 5.56 Å². The monoisotopic (exact) mass is 301 g/mol. The molecule has 1 aliphatic carbocycles. The van der Waals surface area contributed by atoms with Crippen molar-refractivity contribution in [1.82, 2.24) is 5.32 Å². The predicted molar refractivity (Wildman–Crippen MR) is 82.7 cm³/mol. The Labute approximate surface area is 128 Å². The summed E-state index contributed by atoms with van der Waals surface area (Å²) in [6, 6.07) is 15.1. The molecule has 0 bridgehead atoms. The minimum Gasteiger partial charge on any atom is -0.488 e. The van der Waals surface area contributed by atoms with Gasteiger partial charge in [0.15, 0.2) is 0 Å². The van der Waals surface area contributed by atoms with Crippen LogP contribution in [0.1, 0.15) is 28.8 Å². The number of amides is 1. The van der Waals surface area contributed by atoms with Gasteiger partial charge in [-0.05, 0) is 42.7 Å². The van der Waals surface area contributed by atoms with Crippen molar-refractivity contribution in [1.29, 1.82) is 0 Å². The van der Waals surface area contributed by atoms with E-state index in [1.807, 2.05) is 42.5 Å². The van der Waals surface area contributed by atoms with E-state index in [2.05, 4.69) is 5.32 Å². The average Bonchev–Trinajstić information content (AvgIpc) is 3.31. The first-order valence-corrected chi connectivity index (χ1v) is 7.37. The molecule has 3 rings (SSSR count). The lowest BCUT2D eigenvalue weighted by Gasteiger charge is -2.11. The second kappa shape index (κ2) is 6.19. The lowest BCUT2D eigenvalue weighted by Crippen LogP contribution is -2.25. The van der Waals surface area contributed by atoms with Crippen molar-refractivity contribution in [2.24, 2.45) is 0 Å². The molecule has 1 aliphatic rings. The van der Waals surface area contributed by atoms with Gasteiger partial charge in [-0.2, -0.15) is 0 Å². The summed E-state index contributed by atoms with van der Waals surface area (Å²) in [6.07, 6.45) is 2.14. The fraction of sp³-hybridized carbons (Fsp3) is 0.235. The number of hydrogen-bond acceptors (Lipinski definition) is 2. The van der Waals surface area contributed by atoms with E-state index in [9.17, 15) is 4.79 Å². The Morgan fingerprint density at radius 2 is 1.86 bits per heavy atom. The van der Waals surface area contributed by atoms with Gasteiger partial charge in [0.25, 0.3) is 5.91 Å². The Morgan fingerprint density at radius 3 is 2.57 bits per heavy atom. The van der Waals surface area contributed by atoms with Crippen LogP contribution in [0.25, 0.3) is 0 Å². The summed E-state index contributed by atoms with van der Waals surface area (Å²) in [7, 11) is 0. The molecule has 1 saturated carbocycles. The standard InChI is InChI=1S/C17H16ClNO2/c18-13-7-5-12(6-8-13)11-21-16-4-2-1-3-15(16)17(20)19-14-9-10-14/h1-8,14H,9-11H2,(H,19,20). The number of rotatable bonds is 5. The van der Waals surface area contributed by atoms with E-state index in [0.29, 0.717) is 29.0 Å². The van der Waals surface area contributed by atoms with Crippen molar-refractivity contribution < 1.29 is 9.53 Å². The summed E-state index contributed by atoms with van der Waals surface area (Å²) in [5.41, 5.74) is 1.59. The molecular formula is C17H16ClNO2. The van der Waals surface area contributed by atoms with Crippen LogP contribution in [0.3, 0.4) is 0 Å². The predicted octanol–water partition coefficient (Wildman–Crippen LogP) is 3.81. The molecule has 1 amide bonds. The number of hydrogen-bond donors (Lipinski definition) is 1. The van der Waals surface area contributed by atoms with Crippen molar-refractivity contribution in [2.75, 3.05) is 0 Å². The van der Waals surface area contributed by atoms with Crippen molar-refractivity contribution in [3.8, 4) is 5.75 Å². The van der Waals surface area contributed by atoms with E-state index in [-0.39, 0.29) is 5.91 Å². The number of carbonyl (C=O) groups excluding carboxylic acids is 1. The molecule has 21 heavy (non-hydrogen) atoms. The maximum absolute atomic E-state index is 12.2. The largest absolute Gasteiger partial charge is 0.488 e. The van der Waals surface area contributed by atoms with Crippen LogP contribution in [-0.2, 0) is 6.61 Å². The van der Waals surface area contributed by atoms with E-state index in [1.165, 1.54) is 0 Å². The molecule has 2 aromatic rings. The van der Waals surface area contributed by atoms with Crippen LogP contribution >= 0.6 is 11.6 Å². The molecule has 1 fully saturated rings. The minimum atomic E-state index is -0.0655. The molecule has 108 valence electrons. The molecule has 0 atom stereocenters. The molecule has 0 saturated heterocycles. The second-order valence-corrected chi connectivity index (χ2v) is 5.60. The molecule has 0 radical (unpaired) electrons. The number of ether oxygens (including phenoxy) is 1. The van der Waals surface area contributed by atoms with Crippen molar-refractivity contribution >= 4 is 17.5 Å². The van der Waals surface area contributed by atoms with Gasteiger partial charge < -0.3 is 10.1 Å². The summed E-state index contributed by atoms with van der Waals surface area (Å²) >= 11 is 5.86. The van der Waals surface area contributed by atoms with Gasteiger partial charge in [-0.25, -0.2) is 0 Å². The highest BCUT2D eigenvalue weighted by Crippen LogP contribution is 2.23. The first-order valence-electron chi connectivity index (χ1n) is 6.99. The third-order valence-corrected chi connectivity index (χ3v) is 3.60. The van der Waals surface area contributed by atoms with Gasteiger partial charge in [-0.3, -0.25) is 4.79 Å². The van der Waals surface area contributed by atoms with Crippen molar-refractivity contribution in [3.63, 3.8) is 0 Å². The molecule has 0 unspecified atom stereocenters. The topological polar surface area (TPSA) is 38.3 Å². The molecule has 3 nitrogen and oxygen atoms in total. The second-order valence-electron chi connectivity index (χ2n) is 5.16. The summed E-state index contributed by atoms with van der Waals surface area (Å²) in [4.78, 5) is 12.2. The molecular weight excluding hydrogens is 286 g/mol. The van der Waals surface area contributed by atoms with E-state index < -0.39 is 0 Å². The van der Waals surface area contributed by atoms with E-state index >= 15 is 0 Å². The van der Waals surface area contributed by atoms with Crippen molar-refractivity contribution in [2.45, 2.75) is 25.5 Å². The Morgan fingerprint density at radius 1 is 1.14 bits per heavy atom. The first-order chi connectivity index (χ1) is 10.2. The van der Waals surface area contributed by atoms with E-state index in [0.717, 1.165) is 18.4 Å². The lowest BCUT2D eigenvalue weighted by molar-refractivity contribution is 0.0946. The third kappa shape index (κ3) is 3.76. The van der Waals surface area contributed by atoms with Gasteiger partial charge in [-0.1, -0.05) is 35.9 Å². The molecule has 0 spiro atoms. The summed E-state index contributed by atoms with van der Waals surface area (Å²) in [6.45, 7) is 0.408. The van der Waals surface area contributed by atoms with Gasteiger partial charge in [0.1, 0.15) is 12.4 Å². The molecule has 0 aromatic heterocycles. The number of halogens is 1. The smallest absolute Gasteiger partial charge is 0.255 e.